The molecule has 0 saturated carbocycles. The molecule has 0 aromatic carbocycles. The predicted molar refractivity (Wildman–Crippen MR) is 323 cm³/mol. The van der Waals surface area contributed by atoms with E-state index >= 15 is 0 Å². The Balaban J connectivity index is 1.42. The number of unbranched alkanes of at least 4 members (excludes halogenated alkanes) is 28. The van der Waals surface area contributed by atoms with Crippen LogP contribution >= 0.6 is 0 Å². The van der Waals surface area contributed by atoms with Crippen LogP contribution in [0.2, 0.25) is 0 Å². The first-order valence-electron chi connectivity index (χ1n) is 33.2. The molecule has 0 spiro atoms. The average Bonchev–Trinajstić information content (AvgIpc) is 2.92. The van der Waals surface area contributed by atoms with E-state index in [1.807, 2.05) is 0 Å². The van der Waals surface area contributed by atoms with Crippen molar-refractivity contribution in [3.63, 3.8) is 0 Å². The van der Waals surface area contributed by atoms with Crippen molar-refractivity contribution < 1.29 is 89.4 Å². The molecule has 17 unspecified atom stereocenters. The Morgan fingerprint density at radius 1 is 0.440 bits per heavy atom. The van der Waals surface area contributed by atoms with Gasteiger partial charge in [-0.3, -0.25) is 4.79 Å². The second-order valence-corrected chi connectivity index (χ2v) is 23.9. The Kier molecular flexibility index (Phi) is 43.5. The Morgan fingerprint density at radius 2 is 0.821 bits per heavy atom. The molecule has 84 heavy (non-hydrogen) atoms. The number of hydrogen-bond acceptors (Lipinski definition) is 18. The summed E-state index contributed by atoms with van der Waals surface area (Å²) >= 11 is 0. The number of nitrogens with one attached hydrogen (secondary N) is 1. The van der Waals surface area contributed by atoms with Gasteiger partial charge in [0, 0.05) is 6.42 Å². The lowest BCUT2D eigenvalue weighted by Crippen LogP contribution is -2.66. The normalized spacial score (nSPS) is 29.4. The molecule has 3 heterocycles. The minimum Gasteiger partial charge on any atom is -0.394 e. The predicted octanol–water partition coefficient (Wildman–Crippen LogP) is 7.66. The first-order valence-corrected chi connectivity index (χ1v) is 33.2. The zero-order chi connectivity index (χ0) is 61.2. The van der Waals surface area contributed by atoms with Crippen LogP contribution in [0.25, 0.3) is 0 Å². The molecule has 492 valence electrons. The lowest BCUT2D eigenvalue weighted by molar-refractivity contribution is -0.379. The van der Waals surface area contributed by atoms with E-state index in [0.29, 0.717) is 12.8 Å². The number of carbonyl (C=O) groups is 1. The Morgan fingerprint density at radius 3 is 1.27 bits per heavy atom. The van der Waals surface area contributed by atoms with Crippen LogP contribution in [0.3, 0.4) is 0 Å². The van der Waals surface area contributed by atoms with E-state index < -0.39 is 124 Å². The van der Waals surface area contributed by atoms with Crippen molar-refractivity contribution in [3.05, 3.63) is 36.5 Å². The van der Waals surface area contributed by atoms with Gasteiger partial charge in [-0.1, -0.05) is 224 Å². The highest BCUT2D eigenvalue weighted by atomic mass is 16.8. The maximum absolute atomic E-state index is 13.3. The average molecular weight is 1200 g/mol. The van der Waals surface area contributed by atoms with Crippen molar-refractivity contribution in [3.8, 4) is 0 Å². The molecule has 19 heteroatoms. The van der Waals surface area contributed by atoms with Gasteiger partial charge in [-0.25, -0.2) is 0 Å². The third-order valence-corrected chi connectivity index (χ3v) is 16.7. The van der Waals surface area contributed by atoms with E-state index in [1.165, 1.54) is 141 Å². The fourth-order valence-corrected chi connectivity index (χ4v) is 11.3. The highest BCUT2D eigenvalue weighted by molar-refractivity contribution is 5.76. The smallest absolute Gasteiger partial charge is 0.220 e. The fourth-order valence-electron chi connectivity index (χ4n) is 11.3. The lowest BCUT2D eigenvalue weighted by Gasteiger charge is -2.48. The monoisotopic (exact) mass is 1200 g/mol. The van der Waals surface area contributed by atoms with Gasteiger partial charge in [-0.05, 0) is 44.9 Å². The molecular weight excluding hydrogens is 1080 g/mol. The zero-order valence-corrected chi connectivity index (χ0v) is 51.6. The van der Waals surface area contributed by atoms with Crippen molar-refractivity contribution in [1.82, 2.24) is 5.32 Å². The topological polar surface area (TPSA) is 307 Å². The van der Waals surface area contributed by atoms with E-state index in [1.54, 1.807) is 0 Å². The number of aliphatic hydroxyl groups excluding tert-OH is 11. The van der Waals surface area contributed by atoms with Crippen LogP contribution in [-0.4, -0.2) is 193 Å². The Hall–Kier alpha value is -1.99. The number of allylic oxidation sites excluding steroid dienone is 6. The summed E-state index contributed by atoms with van der Waals surface area (Å²) in [5.74, 6) is -0.271. The molecule has 12 N–H and O–H groups in total. The molecule has 0 bridgehead atoms. The van der Waals surface area contributed by atoms with Crippen LogP contribution < -0.4 is 5.32 Å². The Bertz CT molecular complexity index is 1670. The minimum absolute atomic E-state index is 0.231. The molecule has 3 saturated heterocycles. The number of aliphatic hydroxyl groups is 11. The molecule has 0 aromatic rings. The number of hydrogen-bond donors (Lipinski definition) is 12. The number of carbonyl (C=O) groups excluding carboxylic acids is 1. The second kappa shape index (κ2) is 47.9. The summed E-state index contributed by atoms with van der Waals surface area (Å²) in [5, 5.41) is 120. The molecule has 19 nitrogen and oxygen atoms in total. The van der Waals surface area contributed by atoms with Gasteiger partial charge in [0.25, 0.3) is 0 Å². The summed E-state index contributed by atoms with van der Waals surface area (Å²) in [4.78, 5) is 13.3. The highest BCUT2D eigenvalue weighted by Crippen LogP contribution is 2.33. The molecule has 0 aliphatic carbocycles. The van der Waals surface area contributed by atoms with Gasteiger partial charge in [-0.2, -0.15) is 0 Å². The Labute approximate surface area is 504 Å². The minimum atomic E-state index is -1.98. The number of ether oxygens (including phenoxy) is 6. The first kappa shape index (κ1) is 76.3. The standard InChI is InChI=1S/C65H119NO18/c1-3-5-7-9-11-13-15-17-18-19-20-21-22-23-24-25-26-27-28-29-31-32-34-36-38-40-42-49(70)48(66-53(71)43-41-39-37-35-33-30-16-14-12-10-8-6-4-2)47-79-63-59(77)56(74)61(51(45-68)81-63)84-65-60(78)57(75)62(52(46-69)82-65)83-64-58(76)55(73)54(72)50(44-67)80-64/h6,8,12,14,30,33,48-52,54-65,67-70,72-78H,3-5,7,9-11,13,15-29,31-32,34-47H2,1-2H3,(H,66,71)/b8-6-,14-12-,33-30-. The van der Waals surface area contributed by atoms with Crippen molar-refractivity contribution in [2.45, 2.75) is 343 Å². The van der Waals surface area contributed by atoms with Crippen molar-refractivity contribution in [2.75, 3.05) is 26.4 Å². The van der Waals surface area contributed by atoms with E-state index in [4.69, 9.17) is 28.4 Å². The van der Waals surface area contributed by atoms with Crippen LogP contribution in [0.1, 0.15) is 239 Å². The van der Waals surface area contributed by atoms with Crippen LogP contribution in [0, 0.1) is 0 Å². The summed E-state index contributed by atoms with van der Waals surface area (Å²) < 4.78 is 34.3. The van der Waals surface area contributed by atoms with Gasteiger partial charge >= 0.3 is 0 Å². The molecule has 3 aliphatic heterocycles. The first-order chi connectivity index (χ1) is 40.8. The molecular formula is C65H119NO18. The van der Waals surface area contributed by atoms with Gasteiger partial charge in [0.05, 0.1) is 38.6 Å². The number of amides is 1. The molecule has 3 aliphatic rings. The maximum atomic E-state index is 13.3. The largest absolute Gasteiger partial charge is 0.394 e. The van der Waals surface area contributed by atoms with E-state index in [-0.39, 0.29) is 18.9 Å². The van der Waals surface area contributed by atoms with Gasteiger partial charge < -0.3 is 89.9 Å². The molecule has 3 rings (SSSR count). The van der Waals surface area contributed by atoms with E-state index in [2.05, 4.69) is 55.6 Å². The molecule has 0 aromatic heterocycles. The van der Waals surface area contributed by atoms with Gasteiger partial charge in [0.1, 0.15) is 73.2 Å². The van der Waals surface area contributed by atoms with E-state index in [9.17, 15) is 61.0 Å². The summed E-state index contributed by atoms with van der Waals surface area (Å²) in [6.45, 7) is 1.67. The summed E-state index contributed by atoms with van der Waals surface area (Å²) in [6.07, 6.45) is 26.8. The second-order valence-electron chi connectivity index (χ2n) is 23.9. The molecule has 0 radical (unpaired) electrons. The lowest BCUT2D eigenvalue weighted by atomic mass is 9.96. The zero-order valence-electron chi connectivity index (χ0n) is 51.6. The summed E-state index contributed by atoms with van der Waals surface area (Å²) in [6, 6.07) is -0.902. The number of rotatable bonds is 50. The SMILES string of the molecule is CC/C=C\C/C=C\C/C=C\CCCCCC(=O)NC(COC1OC(CO)C(OC2OC(CO)C(OC3OC(CO)C(O)C(O)C3O)C(O)C2O)C(O)C1O)C(O)CCCCCCCCCCCCCCCCCCCCCCCCCCCC. The molecule has 3 fully saturated rings. The van der Waals surface area contributed by atoms with Gasteiger partial charge in [0.15, 0.2) is 18.9 Å². The van der Waals surface area contributed by atoms with Crippen LogP contribution in [-0.2, 0) is 33.2 Å². The van der Waals surface area contributed by atoms with Gasteiger partial charge in [-0.15, -0.1) is 0 Å². The van der Waals surface area contributed by atoms with Crippen LogP contribution in [0.4, 0.5) is 0 Å². The highest BCUT2D eigenvalue weighted by Gasteiger charge is 2.53. The van der Waals surface area contributed by atoms with Crippen molar-refractivity contribution in [1.29, 1.82) is 0 Å². The third kappa shape index (κ3) is 30.5. The summed E-state index contributed by atoms with van der Waals surface area (Å²) in [7, 11) is 0. The van der Waals surface area contributed by atoms with Crippen molar-refractivity contribution in [2.24, 2.45) is 0 Å². The van der Waals surface area contributed by atoms with E-state index in [0.717, 1.165) is 64.2 Å². The quantitative estimate of drug-likeness (QED) is 0.0205. The van der Waals surface area contributed by atoms with Crippen molar-refractivity contribution >= 4 is 5.91 Å². The molecule has 17 atom stereocenters. The summed E-state index contributed by atoms with van der Waals surface area (Å²) in [5.41, 5.74) is 0. The third-order valence-electron chi connectivity index (χ3n) is 16.7. The maximum Gasteiger partial charge on any atom is 0.220 e. The van der Waals surface area contributed by atoms with Crippen LogP contribution in [0.5, 0.6) is 0 Å². The fraction of sp³-hybridized carbons (Fsp3) is 0.892. The molecule has 1 amide bonds. The van der Waals surface area contributed by atoms with Gasteiger partial charge in [0.2, 0.25) is 5.91 Å². The van der Waals surface area contributed by atoms with Crippen LogP contribution in [0.15, 0.2) is 36.5 Å².